The Hall–Kier alpha value is -0.0800. The van der Waals surface area contributed by atoms with Gasteiger partial charge in [0.1, 0.15) is 0 Å². The second kappa shape index (κ2) is 6.38. The molecule has 2 heteroatoms. The van der Waals surface area contributed by atoms with E-state index in [0.717, 1.165) is 36.4 Å². The molecule has 2 aliphatic carbocycles. The van der Waals surface area contributed by atoms with Gasteiger partial charge in [-0.2, -0.15) is 0 Å². The van der Waals surface area contributed by atoms with E-state index < -0.39 is 0 Å². The number of hydrogen-bond acceptors (Lipinski definition) is 2. The van der Waals surface area contributed by atoms with Crippen LogP contribution in [0, 0.1) is 17.8 Å². The quantitative estimate of drug-likeness (QED) is 0.786. The highest BCUT2D eigenvalue weighted by atomic mass is 15.2. The smallest absolute Gasteiger partial charge is 0.0138 e. The van der Waals surface area contributed by atoms with Gasteiger partial charge in [0.25, 0.3) is 0 Å². The summed E-state index contributed by atoms with van der Waals surface area (Å²) in [5.74, 6) is 2.67. The predicted molar refractivity (Wildman–Crippen MR) is 78.5 cm³/mol. The maximum atomic E-state index is 6.02. The molecule has 4 atom stereocenters. The lowest BCUT2D eigenvalue weighted by atomic mass is 9.75. The summed E-state index contributed by atoms with van der Waals surface area (Å²) in [6.45, 7) is 5.63. The zero-order chi connectivity index (χ0) is 13.1. The van der Waals surface area contributed by atoms with Crippen LogP contribution < -0.4 is 5.73 Å². The molecule has 2 saturated carbocycles. The summed E-state index contributed by atoms with van der Waals surface area (Å²) < 4.78 is 0. The number of nitrogens with zero attached hydrogens (tertiary/aromatic N) is 1. The van der Waals surface area contributed by atoms with Crippen molar-refractivity contribution in [3.05, 3.63) is 0 Å². The maximum absolute atomic E-state index is 6.02. The van der Waals surface area contributed by atoms with Gasteiger partial charge in [0.15, 0.2) is 0 Å². The average molecular weight is 252 g/mol. The monoisotopic (exact) mass is 252 g/mol. The van der Waals surface area contributed by atoms with Crippen LogP contribution in [0.1, 0.15) is 58.8 Å². The molecule has 2 rings (SSSR count). The molecule has 0 aromatic rings. The van der Waals surface area contributed by atoms with Gasteiger partial charge in [-0.3, -0.25) is 0 Å². The largest absolute Gasteiger partial charge is 0.330 e. The molecule has 0 radical (unpaired) electrons. The summed E-state index contributed by atoms with van der Waals surface area (Å²) in [4.78, 5) is 2.68. The van der Waals surface area contributed by atoms with E-state index in [1.165, 1.54) is 44.9 Å². The molecule has 0 amide bonds. The lowest BCUT2D eigenvalue weighted by Crippen LogP contribution is -2.49. The Morgan fingerprint density at radius 2 is 1.94 bits per heavy atom. The van der Waals surface area contributed by atoms with Gasteiger partial charge in [0, 0.05) is 12.1 Å². The fourth-order valence-electron chi connectivity index (χ4n) is 3.95. The summed E-state index contributed by atoms with van der Waals surface area (Å²) in [5, 5.41) is 0. The molecule has 2 aliphatic rings. The van der Waals surface area contributed by atoms with Crippen LogP contribution in [-0.2, 0) is 0 Å². The van der Waals surface area contributed by atoms with E-state index in [-0.39, 0.29) is 0 Å². The zero-order valence-electron chi connectivity index (χ0n) is 12.6. The molecule has 2 fully saturated rings. The Balaban J connectivity index is 1.95. The zero-order valence-corrected chi connectivity index (χ0v) is 12.6. The molecule has 0 aliphatic heterocycles. The first-order valence-electron chi connectivity index (χ1n) is 8.09. The molecule has 0 aromatic heterocycles. The van der Waals surface area contributed by atoms with E-state index >= 15 is 0 Å². The molecule has 2 nitrogen and oxygen atoms in total. The molecule has 2 N–H and O–H groups in total. The third-order valence-corrected chi connectivity index (χ3v) is 5.53. The number of rotatable bonds is 6. The summed E-state index contributed by atoms with van der Waals surface area (Å²) in [7, 11) is 2.35. The molecule has 106 valence electrons. The summed E-state index contributed by atoms with van der Waals surface area (Å²) in [6, 6.07) is 1.51. The van der Waals surface area contributed by atoms with Crippen LogP contribution in [0.25, 0.3) is 0 Å². The first-order valence-corrected chi connectivity index (χ1v) is 8.09. The van der Waals surface area contributed by atoms with Crippen LogP contribution >= 0.6 is 0 Å². The molecule has 4 unspecified atom stereocenters. The fraction of sp³-hybridized carbons (Fsp3) is 1.00. The van der Waals surface area contributed by atoms with Gasteiger partial charge in [-0.25, -0.2) is 0 Å². The van der Waals surface area contributed by atoms with Gasteiger partial charge in [-0.1, -0.05) is 26.2 Å². The van der Waals surface area contributed by atoms with Crippen LogP contribution in [0.3, 0.4) is 0 Å². The molecular weight excluding hydrogens is 220 g/mol. The number of hydrogen-bond donors (Lipinski definition) is 1. The van der Waals surface area contributed by atoms with Crippen molar-refractivity contribution in [3.8, 4) is 0 Å². The first kappa shape index (κ1) is 14.3. The fourth-order valence-corrected chi connectivity index (χ4v) is 3.95. The molecule has 18 heavy (non-hydrogen) atoms. The lowest BCUT2D eigenvalue weighted by Gasteiger charge is -2.43. The highest BCUT2D eigenvalue weighted by Crippen LogP contribution is 2.39. The van der Waals surface area contributed by atoms with Crippen molar-refractivity contribution in [3.63, 3.8) is 0 Å². The normalized spacial score (nSPS) is 34.8. The van der Waals surface area contributed by atoms with Crippen LogP contribution in [0.4, 0.5) is 0 Å². The van der Waals surface area contributed by atoms with Gasteiger partial charge in [-0.05, 0) is 64.0 Å². The topological polar surface area (TPSA) is 29.3 Å². The van der Waals surface area contributed by atoms with Crippen molar-refractivity contribution < 1.29 is 0 Å². The first-order chi connectivity index (χ1) is 8.67. The van der Waals surface area contributed by atoms with E-state index in [1.54, 1.807) is 0 Å². The van der Waals surface area contributed by atoms with Gasteiger partial charge < -0.3 is 10.6 Å². The molecule has 0 bridgehead atoms. The Labute approximate surface area is 113 Å². The molecule has 0 aromatic carbocycles. The van der Waals surface area contributed by atoms with Crippen molar-refractivity contribution in [1.82, 2.24) is 4.90 Å². The maximum Gasteiger partial charge on any atom is 0.0138 e. The SMILES string of the molecule is CCCC1CCC(CN)C(N(C)C(C)C2CC2)C1. The van der Waals surface area contributed by atoms with Crippen LogP contribution in [-0.4, -0.2) is 30.6 Å². The van der Waals surface area contributed by atoms with Gasteiger partial charge in [0.05, 0.1) is 0 Å². The highest BCUT2D eigenvalue weighted by Gasteiger charge is 2.38. The van der Waals surface area contributed by atoms with E-state index in [9.17, 15) is 0 Å². The lowest BCUT2D eigenvalue weighted by molar-refractivity contribution is 0.0652. The van der Waals surface area contributed by atoms with Crippen molar-refractivity contribution in [2.24, 2.45) is 23.5 Å². The third kappa shape index (κ3) is 3.27. The number of nitrogens with two attached hydrogens (primary N) is 1. The van der Waals surface area contributed by atoms with E-state index in [1.807, 2.05) is 0 Å². The van der Waals surface area contributed by atoms with Crippen LogP contribution in [0.5, 0.6) is 0 Å². The van der Waals surface area contributed by atoms with Gasteiger partial charge in [0.2, 0.25) is 0 Å². The molecular formula is C16H32N2. The van der Waals surface area contributed by atoms with Crippen molar-refractivity contribution in [2.45, 2.75) is 70.9 Å². The minimum atomic E-state index is 0.740. The van der Waals surface area contributed by atoms with Crippen molar-refractivity contribution >= 4 is 0 Å². The summed E-state index contributed by atoms with van der Waals surface area (Å²) >= 11 is 0. The Kier molecular flexibility index (Phi) is 5.08. The second-order valence-electron chi connectivity index (χ2n) is 6.77. The van der Waals surface area contributed by atoms with Crippen LogP contribution in [0.2, 0.25) is 0 Å². The minimum Gasteiger partial charge on any atom is -0.330 e. The molecule has 0 saturated heterocycles. The molecule has 0 spiro atoms. The minimum absolute atomic E-state index is 0.740. The summed E-state index contributed by atoms with van der Waals surface area (Å²) in [5.41, 5.74) is 6.02. The van der Waals surface area contributed by atoms with Gasteiger partial charge >= 0.3 is 0 Å². The highest BCUT2D eigenvalue weighted by molar-refractivity contribution is 4.92. The van der Waals surface area contributed by atoms with Crippen LogP contribution in [0.15, 0.2) is 0 Å². The molecule has 0 heterocycles. The standard InChI is InChI=1S/C16H32N2/c1-4-5-13-6-7-15(11-17)16(10-13)18(3)12(2)14-8-9-14/h12-16H,4-11,17H2,1-3H3. The van der Waals surface area contributed by atoms with E-state index in [4.69, 9.17) is 5.73 Å². The average Bonchev–Trinajstić information content (AvgIpc) is 3.21. The Bertz CT molecular complexity index is 249. The van der Waals surface area contributed by atoms with Crippen molar-refractivity contribution in [1.29, 1.82) is 0 Å². The van der Waals surface area contributed by atoms with E-state index in [0.29, 0.717) is 0 Å². The van der Waals surface area contributed by atoms with E-state index in [2.05, 4.69) is 25.8 Å². The predicted octanol–water partition coefficient (Wildman–Crippen LogP) is 3.26. The summed E-state index contributed by atoms with van der Waals surface area (Å²) in [6.07, 6.45) is 9.81. The Morgan fingerprint density at radius 1 is 1.22 bits per heavy atom. The van der Waals surface area contributed by atoms with Gasteiger partial charge in [-0.15, -0.1) is 0 Å². The Morgan fingerprint density at radius 3 is 2.50 bits per heavy atom. The third-order valence-electron chi connectivity index (χ3n) is 5.53. The van der Waals surface area contributed by atoms with Crippen molar-refractivity contribution in [2.75, 3.05) is 13.6 Å². The second-order valence-corrected chi connectivity index (χ2v) is 6.77.